The summed E-state index contributed by atoms with van der Waals surface area (Å²) in [5, 5.41) is 2.62. The maximum absolute atomic E-state index is 12.8. The monoisotopic (exact) mass is 436 g/mol. The number of hydrogen-bond acceptors (Lipinski definition) is 5. The highest BCUT2D eigenvalue weighted by Gasteiger charge is 2.35. The van der Waals surface area contributed by atoms with E-state index in [4.69, 9.17) is 4.74 Å². The van der Waals surface area contributed by atoms with Gasteiger partial charge in [-0.3, -0.25) is 9.59 Å². The third-order valence-electron chi connectivity index (χ3n) is 4.87. The molecule has 1 aliphatic heterocycles. The number of halogens is 3. The summed E-state index contributed by atoms with van der Waals surface area (Å²) in [5.74, 6) is -1.69. The van der Waals surface area contributed by atoms with Crippen molar-refractivity contribution in [2.75, 3.05) is 25.0 Å². The van der Waals surface area contributed by atoms with Crippen LogP contribution in [0.2, 0.25) is 0 Å². The van der Waals surface area contributed by atoms with Crippen molar-refractivity contribution in [1.29, 1.82) is 0 Å². The van der Waals surface area contributed by atoms with Crippen LogP contribution in [0.1, 0.15) is 12.2 Å². The van der Waals surface area contributed by atoms with Crippen molar-refractivity contribution in [2.24, 2.45) is 0 Å². The van der Waals surface area contributed by atoms with Crippen molar-refractivity contribution in [1.82, 2.24) is 24.4 Å². The van der Waals surface area contributed by atoms with Crippen molar-refractivity contribution >= 4 is 28.5 Å². The number of H-pyrrole nitrogens is 1. The van der Waals surface area contributed by atoms with Gasteiger partial charge in [0.05, 0.1) is 30.5 Å². The van der Waals surface area contributed by atoms with Gasteiger partial charge in [0.2, 0.25) is 11.7 Å². The van der Waals surface area contributed by atoms with Gasteiger partial charge in [-0.1, -0.05) is 0 Å². The van der Waals surface area contributed by atoms with Crippen LogP contribution in [-0.2, 0) is 27.0 Å². The Hall–Kier alpha value is -3.41. The second kappa shape index (κ2) is 8.38. The zero-order valence-corrected chi connectivity index (χ0v) is 16.2. The highest BCUT2D eigenvalue weighted by Crippen LogP contribution is 2.29. The Bertz CT molecular complexity index is 1080. The number of morpholine rings is 1. The zero-order chi connectivity index (χ0) is 22.0. The first-order chi connectivity index (χ1) is 14.8. The van der Waals surface area contributed by atoms with Gasteiger partial charge >= 0.3 is 6.18 Å². The number of hydrogen-bond donors (Lipinski definition) is 2. The molecule has 0 radical (unpaired) electrons. The number of anilines is 1. The molecule has 1 aromatic carbocycles. The van der Waals surface area contributed by atoms with Crippen molar-refractivity contribution in [3.05, 3.63) is 42.7 Å². The molecule has 0 saturated carbocycles. The molecular weight excluding hydrogens is 417 g/mol. The lowest BCUT2D eigenvalue weighted by Crippen LogP contribution is -2.50. The topological polar surface area (TPSA) is 105 Å². The Kier molecular flexibility index (Phi) is 5.63. The molecule has 164 valence electrons. The molecule has 3 heterocycles. The predicted octanol–water partition coefficient (Wildman–Crippen LogP) is 2.03. The van der Waals surface area contributed by atoms with Gasteiger partial charge in [0.25, 0.3) is 5.91 Å². The normalized spacial score (nSPS) is 17.1. The largest absolute Gasteiger partial charge is 0.449 e. The minimum Gasteiger partial charge on any atom is -0.365 e. The minimum atomic E-state index is -4.59. The summed E-state index contributed by atoms with van der Waals surface area (Å²) in [7, 11) is 0. The molecule has 2 amide bonds. The van der Waals surface area contributed by atoms with E-state index in [1.165, 1.54) is 18.2 Å². The molecule has 2 N–H and O–H groups in total. The maximum Gasteiger partial charge on any atom is 0.449 e. The lowest BCUT2D eigenvalue weighted by Gasteiger charge is -2.32. The van der Waals surface area contributed by atoms with E-state index in [-0.39, 0.29) is 36.5 Å². The van der Waals surface area contributed by atoms with Gasteiger partial charge in [-0.05, 0) is 18.2 Å². The van der Waals surface area contributed by atoms with Crippen LogP contribution in [0.4, 0.5) is 18.9 Å². The fourth-order valence-corrected chi connectivity index (χ4v) is 3.28. The fourth-order valence-electron chi connectivity index (χ4n) is 3.28. The molecule has 2 aromatic heterocycles. The number of fused-ring (bicyclic) bond motifs is 1. The lowest BCUT2D eigenvalue weighted by atomic mass is 10.2. The minimum absolute atomic E-state index is 0.0963. The average molecular weight is 436 g/mol. The molecular formula is C19H19F3N6O3. The van der Waals surface area contributed by atoms with E-state index >= 15 is 0 Å². The smallest absolute Gasteiger partial charge is 0.365 e. The van der Waals surface area contributed by atoms with Gasteiger partial charge in [0.15, 0.2) is 6.10 Å². The summed E-state index contributed by atoms with van der Waals surface area (Å²) in [6.45, 7) is 1.17. The molecule has 1 saturated heterocycles. The van der Waals surface area contributed by atoms with Crippen LogP contribution >= 0.6 is 0 Å². The number of carbonyl (C=O) groups is 2. The van der Waals surface area contributed by atoms with Crippen molar-refractivity contribution in [2.45, 2.75) is 25.2 Å². The van der Waals surface area contributed by atoms with Gasteiger partial charge in [-0.2, -0.15) is 13.2 Å². The van der Waals surface area contributed by atoms with E-state index in [0.717, 1.165) is 0 Å². The van der Waals surface area contributed by atoms with E-state index in [2.05, 4.69) is 20.3 Å². The van der Waals surface area contributed by atoms with Gasteiger partial charge in [0.1, 0.15) is 0 Å². The Morgan fingerprint density at radius 1 is 1.32 bits per heavy atom. The van der Waals surface area contributed by atoms with Crippen LogP contribution in [0.25, 0.3) is 11.0 Å². The zero-order valence-electron chi connectivity index (χ0n) is 16.2. The third kappa shape index (κ3) is 4.85. The molecule has 3 aromatic rings. The Balaban J connectivity index is 1.37. The van der Waals surface area contributed by atoms with Gasteiger partial charge < -0.3 is 24.5 Å². The first-order valence-corrected chi connectivity index (χ1v) is 9.52. The SMILES string of the molecule is O=C(Nc1ccc2nc(C(F)(F)F)[nH]c2c1)C1CN(C(=O)CCn2ccnc2)CCO1. The summed E-state index contributed by atoms with van der Waals surface area (Å²) < 4.78 is 45.7. The Morgan fingerprint density at radius 3 is 2.90 bits per heavy atom. The molecule has 31 heavy (non-hydrogen) atoms. The van der Waals surface area contributed by atoms with Crippen molar-refractivity contribution < 1.29 is 27.5 Å². The van der Waals surface area contributed by atoms with Crippen LogP contribution < -0.4 is 5.32 Å². The lowest BCUT2D eigenvalue weighted by molar-refractivity contribution is -0.145. The molecule has 1 atom stereocenters. The maximum atomic E-state index is 12.8. The second-order valence-corrected chi connectivity index (χ2v) is 7.05. The first kappa shape index (κ1) is 20.8. The van der Waals surface area contributed by atoms with E-state index in [1.54, 1.807) is 28.2 Å². The van der Waals surface area contributed by atoms with E-state index < -0.39 is 24.0 Å². The summed E-state index contributed by atoms with van der Waals surface area (Å²) in [5.41, 5.74) is 0.571. The Labute approximate surface area is 174 Å². The average Bonchev–Trinajstić information content (AvgIpc) is 3.41. The Morgan fingerprint density at radius 2 is 2.16 bits per heavy atom. The van der Waals surface area contributed by atoms with Crippen molar-refractivity contribution in [3.63, 3.8) is 0 Å². The second-order valence-electron chi connectivity index (χ2n) is 7.05. The van der Waals surface area contributed by atoms with E-state index in [9.17, 15) is 22.8 Å². The van der Waals surface area contributed by atoms with Crippen molar-refractivity contribution in [3.8, 4) is 0 Å². The van der Waals surface area contributed by atoms with E-state index in [1.807, 2.05) is 0 Å². The quantitative estimate of drug-likeness (QED) is 0.637. The summed E-state index contributed by atoms with van der Waals surface area (Å²) >= 11 is 0. The molecule has 4 rings (SSSR count). The molecule has 0 aliphatic carbocycles. The van der Waals surface area contributed by atoms with Gasteiger partial charge in [-0.25, -0.2) is 9.97 Å². The summed E-state index contributed by atoms with van der Waals surface area (Å²) in [6.07, 6.45) is -0.193. The van der Waals surface area contributed by atoms with Crippen LogP contribution in [0.5, 0.6) is 0 Å². The van der Waals surface area contributed by atoms with Gasteiger partial charge in [0, 0.05) is 37.6 Å². The molecule has 1 aliphatic rings. The number of aromatic amines is 1. The number of amides is 2. The number of rotatable bonds is 5. The molecule has 9 nitrogen and oxygen atoms in total. The number of nitrogens with zero attached hydrogens (tertiary/aromatic N) is 4. The van der Waals surface area contributed by atoms with Crippen LogP contribution in [0.15, 0.2) is 36.9 Å². The molecule has 12 heteroatoms. The molecule has 1 fully saturated rings. The number of imidazole rings is 2. The summed E-state index contributed by atoms with van der Waals surface area (Å²) in [4.78, 5) is 36.2. The number of carbonyl (C=O) groups excluding carboxylic acids is 2. The first-order valence-electron chi connectivity index (χ1n) is 9.52. The highest BCUT2D eigenvalue weighted by molar-refractivity contribution is 5.96. The highest BCUT2D eigenvalue weighted by atomic mass is 19.4. The van der Waals surface area contributed by atoms with E-state index in [0.29, 0.717) is 18.8 Å². The van der Waals surface area contributed by atoms with Crippen LogP contribution in [-0.4, -0.2) is 62.0 Å². The van der Waals surface area contributed by atoms with Crippen LogP contribution in [0, 0.1) is 0 Å². The number of alkyl halides is 3. The molecule has 0 spiro atoms. The predicted molar refractivity (Wildman–Crippen MR) is 103 cm³/mol. The fraction of sp³-hybridized carbons (Fsp3) is 0.368. The summed E-state index contributed by atoms with van der Waals surface area (Å²) in [6, 6.07) is 4.20. The number of aromatic nitrogens is 4. The third-order valence-corrected chi connectivity index (χ3v) is 4.87. The number of benzene rings is 1. The standard InChI is InChI=1S/C19H19F3N6O3/c20-19(21,22)18-25-13-2-1-12(9-14(13)26-18)24-17(30)15-10-28(7-8-31-15)16(29)3-5-27-6-4-23-11-27/h1-2,4,6,9,11,15H,3,5,7-8,10H2,(H,24,30)(H,25,26). The van der Waals surface area contributed by atoms with Gasteiger partial charge in [-0.15, -0.1) is 0 Å². The van der Waals surface area contributed by atoms with Crippen LogP contribution in [0.3, 0.4) is 0 Å². The number of nitrogens with one attached hydrogen (secondary N) is 2. The molecule has 1 unspecified atom stereocenters. The molecule has 0 bridgehead atoms. The number of ether oxygens (including phenoxy) is 1. The number of aryl methyl sites for hydroxylation is 1.